The largest absolute Gasteiger partial charge is 0.284 e. The number of hydrogen-bond donors (Lipinski definition) is 1. The van der Waals surface area contributed by atoms with Gasteiger partial charge in [0.1, 0.15) is 0 Å². The Morgan fingerprint density at radius 3 is 1.33 bits per heavy atom. The Bertz CT molecular complexity index is 449. The standard InChI is InChI=1S/C14H15NOS2/c1-17-13-7-3-11(4-8-13)15(16)12-5-9-14(18-2)10-6-12/h3-10,16H,1-2H3. The summed E-state index contributed by atoms with van der Waals surface area (Å²) in [6.07, 6.45) is 4.07. The summed E-state index contributed by atoms with van der Waals surface area (Å²) in [6, 6.07) is 15.6. The van der Waals surface area contributed by atoms with E-state index in [0.29, 0.717) is 0 Å². The predicted molar refractivity (Wildman–Crippen MR) is 80.4 cm³/mol. The van der Waals surface area contributed by atoms with E-state index < -0.39 is 0 Å². The highest BCUT2D eigenvalue weighted by Crippen LogP contribution is 2.27. The van der Waals surface area contributed by atoms with Crippen LogP contribution in [0.4, 0.5) is 11.4 Å². The van der Waals surface area contributed by atoms with Crippen molar-refractivity contribution >= 4 is 34.9 Å². The second-order valence-corrected chi connectivity index (χ2v) is 5.47. The Labute approximate surface area is 116 Å². The fraction of sp³-hybridized carbons (Fsp3) is 0.143. The fourth-order valence-corrected chi connectivity index (χ4v) is 2.41. The highest BCUT2D eigenvalue weighted by atomic mass is 32.2. The van der Waals surface area contributed by atoms with Crippen LogP contribution in [0.5, 0.6) is 0 Å². The van der Waals surface area contributed by atoms with Crippen molar-refractivity contribution < 1.29 is 5.21 Å². The molecule has 2 aromatic rings. The Kier molecular flexibility index (Phi) is 4.58. The lowest BCUT2D eigenvalue weighted by Crippen LogP contribution is -2.09. The minimum Gasteiger partial charge on any atom is -0.284 e. The Balaban J connectivity index is 2.20. The molecule has 0 saturated heterocycles. The third-order valence-electron chi connectivity index (χ3n) is 2.63. The van der Waals surface area contributed by atoms with Gasteiger partial charge in [-0.2, -0.15) is 0 Å². The number of benzene rings is 2. The van der Waals surface area contributed by atoms with Crippen molar-refractivity contribution in [1.82, 2.24) is 0 Å². The third kappa shape index (κ3) is 3.02. The highest BCUT2D eigenvalue weighted by molar-refractivity contribution is 7.98. The summed E-state index contributed by atoms with van der Waals surface area (Å²) in [5.74, 6) is 0. The zero-order chi connectivity index (χ0) is 13.0. The molecule has 0 atom stereocenters. The number of rotatable bonds is 4. The second-order valence-electron chi connectivity index (χ2n) is 3.71. The molecule has 0 radical (unpaired) electrons. The molecule has 18 heavy (non-hydrogen) atoms. The molecule has 0 aliphatic rings. The van der Waals surface area contributed by atoms with Gasteiger partial charge in [0.05, 0.1) is 11.4 Å². The van der Waals surface area contributed by atoms with Crippen molar-refractivity contribution in [3.05, 3.63) is 48.5 Å². The molecule has 2 aromatic carbocycles. The maximum atomic E-state index is 10.1. The van der Waals surface area contributed by atoms with Gasteiger partial charge >= 0.3 is 0 Å². The molecule has 94 valence electrons. The molecular weight excluding hydrogens is 262 g/mol. The molecule has 0 aliphatic heterocycles. The first-order valence-electron chi connectivity index (χ1n) is 5.51. The number of nitrogens with zero attached hydrogens (tertiary/aromatic N) is 1. The first-order valence-corrected chi connectivity index (χ1v) is 7.96. The summed E-state index contributed by atoms with van der Waals surface area (Å²) in [4.78, 5) is 2.37. The van der Waals surface area contributed by atoms with E-state index in [4.69, 9.17) is 0 Å². The molecule has 0 aromatic heterocycles. The van der Waals surface area contributed by atoms with Gasteiger partial charge in [0.15, 0.2) is 0 Å². The van der Waals surface area contributed by atoms with Gasteiger partial charge in [0.25, 0.3) is 0 Å². The monoisotopic (exact) mass is 277 g/mol. The predicted octanol–water partition coefficient (Wildman–Crippen LogP) is 4.66. The van der Waals surface area contributed by atoms with E-state index in [9.17, 15) is 5.21 Å². The van der Waals surface area contributed by atoms with E-state index in [2.05, 4.69) is 0 Å². The summed E-state index contributed by atoms with van der Waals surface area (Å²) in [6.45, 7) is 0. The maximum absolute atomic E-state index is 10.1. The molecule has 0 saturated carbocycles. The molecular formula is C14H15NOS2. The number of anilines is 2. The van der Waals surface area contributed by atoms with Crippen LogP contribution in [0.3, 0.4) is 0 Å². The van der Waals surface area contributed by atoms with Gasteiger partial charge in [0.2, 0.25) is 0 Å². The summed E-state index contributed by atoms with van der Waals surface area (Å²) in [5, 5.41) is 11.3. The van der Waals surface area contributed by atoms with Crippen LogP contribution in [0.15, 0.2) is 58.3 Å². The van der Waals surface area contributed by atoms with Crippen molar-refractivity contribution in [2.75, 3.05) is 17.6 Å². The van der Waals surface area contributed by atoms with E-state index >= 15 is 0 Å². The van der Waals surface area contributed by atoms with Crippen LogP contribution in [0.25, 0.3) is 0 Å². The van der Waals surface area contributed by atoms with Crippen molar-refractivity contribution in [1.29, 1.82) is 0 Å². The number of hydrogen-bond acceptors (Lipinski definition) is 4. The maximum Gasteiger partial charge on any atom is 0.0693 e. The normalized spacial score (nSPS) is 10.4. The SMILES string of the molecule is CSc1ccc(N(O)c2ccc(SC)cc2)cc1. The topological polar surface area (TPSA) is 23.5 Å². The van der Waals surface area contributed by atoms with E-state index in [1.165, 1.54) is 14.9 Å². The molecule has 0 aliphatic carbocycles. The van der Waals surface area contributed by atoms with Crippen LogP contribution in [0.1, 0.15) is 0 Å². The molecule has 0 unspecified atom stereocenters. The van der Waals surface area contributed by atoms with Gasteiger partial charge in [-0.25, -0.2) is 5.06 Å². The van der Waals surface area contributed by atoms with Crippen LogP contribution in [0, 0.1) is 0 Å². The zero-order valence-corrected chi connectivity index (χ0v) is 12.0. The lowest BCUT2D eigenvalue weighted by Gasteiger charge is -2.17. The van der Waals surface area contributed by atoms with Crippen molar-refractivity contribution in [3.63, 3.8) is 0 Å². The average molecular weight is 277 g/mol. The van der Waals surface area contributed by atoms with Gasteiger partial charge in [0, 0.05) is 9.79 Å². The Hall–Kier alpha value is -1.10. The summed E-state index contributed by atoms with van der Waals surface area (Å²) >= 11 is 3.37. The minimum absolute atomic E-state index is 0.768. The quantitative estimate of drug-likeness (QED) is 0.648. The lowest BCUT2D eigenvalue weighted by atomic mass is 10.2. The van der Waals surface area contributed by atoms with Crippen molar-refractivity contribution in [2.24, 2.45) is 0 Å². The van der Waals surface area contributed by atoms with Crippen LogP contribution in [-0.4, -0.2) is 17.7 Å². The summed E-state index contributed by atoms with van der Waals surface area (Å²) < 4.78 is 0. The zero-order valence-electron chi connectivity index (χ0n) is 10.3. The molecule has 2 nitrogen and oxygen atoms in total. The van der Waals surface area contributed by atoms with E-state index in [1.807, 2.05) is 61.0 Å². The molecule has 0 fully saturated rings. The van der Waals surface area contributed by atoms with Crippen LogP contribution in [-0.2, 0) is 0 Å². The first-order chi connectivity index (χ1) is 8.74. The van der Waals surface area contributed by atoms with Gasteiger partial charge in [-0.1, -0.05) is 0 Å². The average Bonchev–Trinajstić information content (AvgIpc) is 2.47. The van der Waals surface area contributed by atoms with E-state index in [-0.39, 0.29) is 0 Å². The highest BCUT2D eigenvalue weighted by Gasteiger charge is 2.05. The van der Waals surface area contributed by atoms with Gasteiger partial charge in [-0.05, 0) is 61.0 Å². The second kappa shape index (κ2) is 6.18. The Morgan fingerprint density at radius 1 is 0.722 bits per heavy atom. The van der Waals surface area contributed by atoms with Crippen molar-refractivity contribution in [2.45, 2.75) is 9.79 Å². The first kappa shape index (κ1) is 13.3. The van der Waals surface area contributed by atoms with Crippen LogP contribution < -0.4 is 5.06 Å². The lowest BCUT2D eigenvalue weighted by molar-refractivity contribution is 0.301. The van der Waals surface area contributed by atoms with E-state index in [0.717, 1.165) is 11.4 Å². The Morgan fingerprint density at radius 2 is 1.06 bits per heavy atom. The van der Waals surface area contributed by atoms with Crippen molar-refractivity contribution in [3.8, 4) is 0 Å². The van der Waals surface area contributed by atoms with Crippen LogP contribution in [0.2, 0.25) is 0 Å². The fourth-order valence-electron chi connectivity index (χ4n) is 1.60. The third-order valence-corrected chi connectivity index (χ3v) is 4.12. The van der Waals surface area contributed by atoms with Crippen LogP contribution >= 0.6 is 23.5 Å². The smallest absolute Gasteiger partial charge is 0.0693 e. The molecule has 0 amide bonds. The molecule has 0 heterocycles. The summed E-state index contributed by atoms with van der Waals surface area (Å²) in [7, 11) is 0. The van der Waals surface area contributed by atoms with Gasteiger partial charge < -0.3 is 0 Å². The molecule has 0 bridgehead atoms. The van der Waals surface area contributed by atoms with E-state index in [1.54, 1.807) is 23.5 Å². The molecule has 4 heteroatoms. The van der Waals surface area contributed by atoms with Gasteiger partial charge in [-0.15, -0.1) is 23.5 Å². The number of thioether (sulfide) groups is 2. The van der Waals surface area contributed by atoms with Gasteiger partial charge in [-0.3, -0.25) is 5.21 Å². The molecule has 0 spiro atoms. The molecule has 2 rings (SSSR count). The summed E-state index contributed by atoms with van der Waals surface area (Å²) in [5.41, 5.74) is 1.54. The minimum atomic E-state index is 0.768. The molecule has 1 N–H and O–H groups in total.